The molecular formula is C19H24N4O3. The molecule has 2 fully saturated rings. The van der Waals surface area contributed by atoms with Crippen LogP contribution in [-0.4, -0.2) is 59.2 Å². The van der Waals surface area contributed by atoms with Crippen LogP contribution in [0, 0.1) is 0 Å². The maximum Gasteiger partial charge on any atom is 0.255 e. The van der Waals surface area contributed by atoms with Crippen LogP contribution in [-0.2, 0) is 22.7 Å². The molecule has 2 saturated heterocycles. The summed E-state index contributed by atoms with van der Waals surface area (Å²) in [5.74, 6) is -0.722. The van der Waals surface area contributed by atoms with Gasteiger partial charge in [0.25, 0.3) is 5.91 Å². The Kier molecular flexibility index (Phi) is 4.08. The van der Waals surface area contributed by atoms with Crippen molar-refractivity contribution >= 4 is 17.7 Å². The third kappa shape index (κ3) is 2.81. The number of benzene rings is 1. The molecule has 0 aromatic heterocycles. The zero-order valence-corrected chi connectivity index (χ0v) is 15.2. The Hall–Kier alpha value is -2.25. The van der Waals surface area contributed by atoms with E-state index in [1.165, 1.54) is 0 Å². The zero-order valence-electron chi connectivity index (χ0n) is 15.2. The van der Waals surface area contributed by atoms with Gasteiger partial charge < -0.3 is 10.2 Å². The molecule has 4 rings (SSSR count). The Labute approximate surface area is 152 Å². The molecule has 0 radical (unpaired) electrons. The molecular weight excluding hydrogens is 332 g/mol. The summed E-state index contributed by atoms with van der Waals surface area (Å²) in [6.45, 7) is 5.24. The van der Waals surface area contributed by atoms with Gasteiger partial charge in [0.15, 0.2) is 0 Å². The third-order valence-corrected chi connectivity index (χ3v) is 5.78. The highest BCUT2D eigenvalue weighted by Gasteiger charge is 2.41. The fraction of sp³-hybridized carbons (Fsp3) is 0.526. The summed E-state index contributed by atoms with van der Waals surface area (Å²) >= 11 is 0. The van der Waals surface area contributed by atoms with Gasteiger partial charge >= 0.3 is 0 Å². The van der Waals surface area contributed by atoms with E-state index in [2.05, 4.69) is 22.5 Å². The van der Waals surface area contributed by atoms with Crippen molar-refractivity contribution in [1.82, 2.24) is 20.4 Å². The zero-order chi connectivity index (χ0) is 18.5. The first-order chi connectivity index (χ1) is 12.4. The van der Waals surface area contributed by atoms with Gasteiger partial charge in [0, 0.05) is 43.7 Å². The van der Waals surface area contributed by atoms with Crippen LogP contribution < -0.4 is 10.6 Å². The van der Waals surface area contributed by atoms with Crippen molar-refractivity contribution in [3.8, 4) is 0 Å². The van der Waals surface area contributed by atoms with E-state index < -0.39 is 6.04 Å². The number of carbonyl (C=O) groups excluding carboxylic acids is 3. The third-order valence-electron chi connectivity index (χ3n) is 5.78. The molecule has 138 valence electrons. The first-order valence-electron chi connectivity index (χ1n) is 9.07. The van der Waals surface area contributed by atoms with Crippen LogP contribution in [0.4, 0.5) is 0 Å². The topological polar surface area (TPSA) is 81.8 Å². The van der Waals surface area contributed by atoms with Crippen LogP contribution >= 0.6 is 0 Å². The summed E-state index contributed by atoms with van der Waals surface area (Å²) in [6, 6.07) is 5.37. The number of nitrogens with one attached hydrogen (secondary N) is 2. The molecule has 0 saturated carbocycles. The number of fused-ring (bicyclic) bond motifs is 1. The number of carbonyl (C=O) groups is 3. The summed E-state index contributed by atoms with van der Waals surface area (Å²) in [6.07, 6.45) is 0.673. The van der Waals surface area contributed by atoms with E-state index in [9.17, 15) is 14.4 Å². The first-order valence-corrected chi connectivity index (χ1v) is 9.07. The molecule has 3 amide bonds. The van der Waals surface area contributed by atoms with Crippen molar-refractivity contribution < 1.29 is 14.4 Å². The van der Waals surface area contributed by atoms with Gasteiger partial charge in [0.2, 0.25) is 11.8 Å². The standard InChI is InChI=1S/C19H24N4O3/c1-19(20-2)10-22(11-19)8-12-4-3-5-13-9-23(18(26)16(12)13)14-6-7-15(24)21-17(14)25/h3-5,14,20H,6-11H2,1-2H3,(H,21,24,25). The molecule has 26 heavy (non-hydrogen) atoms. The predicted octanol–water partition coefficient (Wildman–Crippen LogP) is 0.241. The van der Waals surface area contributed by atoms with Crippen molar-refractivity contribution in [1.29, 1.82) is 0 Å². The van der Waals surface area contributed by atoms with Gasteiger partial charge in [-0.3, -0.25) is 24.6 Å². The highest BCUT2D eigenvalue weighted by Crippen LogP contribution is 2.31. The number of likely N-dealkylation sites (tertiary alicyclic amines) is 1. The number of rotatable bonds is 4. The van der Waals surface area contributed by atoms with Gasteiger partial charge in [0.1, 0.15) is 6.04 Å². The molecule has 7 heteroatoms. The fourth-order valence-electron chi connectivity index (χ4n) is 4.27. The molecule has 1 aromatic rings. The van der Waals surface area contributed by atoms with E-state index in [0.717, 1.165) is 36.3 Å². The summed E-state index contributed by atoms with van der Waals surface area (Å²) in [4.78, 5) is 40.5. The van der Waals surface area contributed by atoms with Gasteiger partial charge in [-0.2, -0.15) is 0 Å². The fourth-order valence-corrected chi connectivity index (χ4v) is 4.27. The largest absolute Gasteiger partial charge is 0.322 e. The normalized spacial score (nSPS) is 25.1. The molecule has 3 aliphatic heterocycles. The van der Waals surface area contributed by atoms with E-state index in [1.807, 2.05) is 25.2 Å². The van der Waals surface area contributed by atoms with Crippen LogP contribution in [0.2, 0.25) is 0 Å². The van der Waals surface area contributed by atoms with E-state index >= 15 is 0 Å². The molecule has 2 N–H and O–H groups in total. The summed E-state index contributed by atoms with van der Waals surface area (Å²) in [5.41, 5.74) is 2.85. The molecule has 7 nitrogen and oxygen atoms in total. The second-order valence-electron chi connectivity index (χ2n) is 7.81. The smallest absolute Gasteiger partial charge is 0.255 e. The lowest BCUT2D eigenvalue weighted by Crippen LogP contribution is -2.66. The van der Waals surface area contributed by atoms with Crippen LogP contribution in [0.15, 0.2) is 18.2 Å². The highest BCUT2D eigenvalue weighted by molar-refractivity contribution is 6.05. The van der Waals surface area contributed by atoms with Crippen LogP contribution in [0.5, 0.6) is 0 Å². The van der Waals surface area contributed by atoms with E-state index in [1.54, 1.807) is 4.90 Å². The van der Waals surface area contributed by atoms with E-state index in [0.29, 0.717) is 13.0 Å². The van der Waals surface area contributed by atoms with Crippen LogP contribution in [0.25, 0.3) is 0 Å². The number of hydrogen-bond acceptors (Lipinski definition) is 5. The van der Waals surface area contributed by atoms with Crippen molar-refractivity contribution in [3.63, 3.8) is 0 Å². The SMILES string of the molecule is CNC1(C)CN(Cc2cccc3c2C(=O)N(C2CCC(=O)NC2=O)C3)C1. The van der Waals surface area contributed by atoms with Crippen molar-refractivity contribution in [2.24, 2.45) is 0 Å². The summed E-state index contributed by atoms with van der Waals surface area (Å²) < 4.78 is 0. The molecule has 1 aromatic carbocycles. The Morgan fingerprint density at radius 1 is 1.27 bits per heavy atom. The second kappa shape index (κ2) is 6.17. The van der Waals surface area contributed by atoms with Crippen molar-refractivity contribution in [3.05, 3.63) is 34.9 Å². The predicted molar refractivity (Wildman–Crippen MR) is 95.2 cm³/mol. The first kappa shape index (κ1) is 17.2. The van der Waals surface area contributed by atoms with Gasteiger partial charge in [-0.05, 0) is 31.5 Å². The number of piperidine rings is 1. The van der Waals surface area contributed by atoms with Gasteiger partial charge in [-0.25, -0.2) is 0 Å². The molecule has 1 unspecified atom stereocenters. The number of likely N-dealkylation sites (N-methyl/N-ethyl adjacent to an activating group) is 1. The minimum Gasteiger partial charge on any atom is -0.322 e. The lowest BCUT2D eigenvalue weighted by atomic mass is 9.91. The monoisotopic (exact) mass is 356 g/mol. The molecule has 3 heterocycles. The number of hydrogen-bond donors (Lipinski definition) is 2. The Morgan fingerprint density at radius 3 is 2.73 bits per heavy atom. The minimum absolute atomic E-state index is 0.0954. The van der Waals surface area contributed by atoms with E-state index in [-0.39, 0.29) is 29.7 Å². The molecule has 1 atom stereocenters. The second-order valence-corrected chi connectivity index (χ2v) is 7.81. The van der Waals surface area contributed by atoms with Crippen LogP contribution in [0.1, 0.15) is 41.3 Å². The Morgan fingerprint density at radius 2 is 2.04 bits per heavy atom. The van der Waals surface area contributed by atoms with Gasteiger partial charge in [-0.15, -0.1) is 0 Å². The van der Waals surface area contributed by atoms with Gasteiger partial charge in [-0.1, -0.05) is 18.2 Å². The maximum atomic E-state index is 13.0. The lowest BCUT2D eigenvalue weighted by molar-refractivity contribution is -0.136. The average Bonchev–Trinajstić information content (AvgIpc) is 2.91. The number of nitrogens with zero attached hydrogens (tertiary/aromatic N) is 2. The maximum absolute atomic E-state index is 13.0. The Balaban J connectivity index is 1.52. The van der Waals surface area contributed by atoms with E-state index in [4.69, 9.17) is 0 Å². The molecule has 0 aliphatic carbocycles. The molecule has 3 aliphatic rings. The molecule has 0 bridgehead atoms. The minimum atomic E-state index is -0.558. The Bertz CT molecular complexity index is 785. The quantitative estimate of drug-likeness (QED) is 0.756. The lowest BCUT2D eigenvalue weighted by Gasteiger charge is -2.48. The summed E-state index contributed by atoms with van der Waals surface area (Å²) in [7, 11) is 1.97. The number of amides is 3. The van der Waals surface area contributed by atoms with Crippen molar-refractivity contribution in [2.45, 2.75) is 44.4 Å². The molecule has 0 spiro atoms. The van der Waals surface area contributed by atoms with Crippen LogP contribution in [0.3, 0.4) is 0 Å². The van der Waals surface area contributed by atoms with Crippen molar-refractivity contribution in [2.75, 3.05) is 20.1 Å². The number of imide groups is 1. The highest BCUT2D eigenvalue weighted by atomic mass is 16.2. The summed E-state index contributed by atoms with van der Waals surface area (Å²) in [5, 5.41) is 5.67. The van der Waals surface area contributed by atoms with Gasteiger partial charge in [0.05, 0.1) is 0 Å². The average molecular weight is 356 g/mol.